The highest BCUT2D eigenvalue weighted by Crippen LogP contribution is 2.52. The summed E-state index contributed by atoms with van der Waals surface area (Å²) < 4.78 is 7.66. The van der Waals surface area contributed by atoms with Crippen LogP contribution in [-0.4, -0.2) is 17.1 Å². The van der Waals surface area contributed by atoms with Crippen molar-refractivity contribution in [1.29, 1.82) is 0 Å². The van der Waals surface area contributed by atoms with Gasteiger partial charge in [-0.15, -0.1) is 4.57 Å². The number of para-hydroxylation sites is 3. The number of carboxylic acid groups (broad SMARTS) is 1. The molecule has 0 saturated heterocycles. The number of aliphatic carboxylic acids is 1. The van der Waals surface area contributed by atoms with Crippen LogP contribution in [0.4, 0.5) is 11.4 Å². The van der Waals surface area contributed by atoms with Crippen molar-refractivity contribution < 1.29 is 18.9 Å². The fourth-order valence-electron chi connectivity index (χ4n) is 5.55. The van der Waals surface area contributed by atoms with Crippen molar-refractivity contribution in [2.24, 2.45) is 0 Å². The van der Waals surface area contributed by atoms with E-state index in [-0.39, 0.29) is 6.54 Å². The highest BCUT2D eigenvalue weighted by atomic mass is 16.4. The topological polar surface area (TPSA) is 57.6 Å². The van der Waals surface area contributed by atoms with Gasteiger partial charge in [0.05, 0.1) is 6.08 Å². The van der Waals surface area contributed by atoms with Crippen molar-refractivity contribution >= 4 is 40.6 Å². The lowest BCUT2D eigenvalue weighted by Gasteiger charge is -2.27. The van der Waals surface area contributed by atoms with E-state index in [9.17, 15) is 9.90 Å². The summed E-state index contributed by atoms with van der Waals surface area (Å²) in [6, 6.07) is 25.4. The molecule has 5 nitrogen and oxygen atoms in total. The Morgan fingerprint density at radius 2 is 1.85 bits per heavy atom. The predicted octanol–water partition coefficient (Wildman–Crippen LogP) is 5.76. The third-order valence-corrected chi connectivity index (χ3v) is 6.90. The molecule has 1 fully saturated rings. The van der Waals surface area contributed by atoms with Crippen LogP contribution in [-0.2, 0) is 11.3 Å². The molecule has 0 spiro atoms. The number of anilines is 2. The first-order valence-corrected chi connectivity index (χ1v) is 11.5. The summed E-state index contributed by atoms with van der Waals surface area (Å²) in [4.78, 5) is 13.9. The minimum Gasteiger partial charge on any atom is -0.477 e. The Balaban J connectivity index is 1.37. The van der Waals surface area contributed by atoms with E-state index in [1.54, 1.807) is 4.57 Å². The largest absolute Gasteiger partial charge is 0.477 e. The third kappa shape index (κ3) is 3.41. The van der Waals surface area contributed by atoms with Crippen LogP contribution in [0.15, 0.2) is 77.2 Å². The van der Waals surface area contributed by atoms with Crippen molar-refractivity contribution in [3.05, 3.63) is 89.8 Å². The number of rotatable bonds is 5. The fourth-order valence-corrected chi connectivity index (χ4v) is 5.55. The van der Waals surface area contributed by atoms with E-state index >= 15 is 0 Å². The Bertz CT molecular complexity index is 1370. The maximum Gasteiger partial charge on any atom is 0.374 e. The van der Waals surface area contributed by atoms with Crippen LogP contribution in [0.25, 0.3) is 23.3 Å². The first-order valence-electron chi connectivity index (χ1n) is 11.5. The number of oxazole rings is 1. The van der Waals surface area contributed by atoms with Crippen molar-refractivity contribution in [3.63, 3.8) is 0 Å². The Kier molecular flexibility index (Phi) is 4.75. The quantitative estimate of drug-likeness (QED) is 0.403. The van der Waals surface area contributed by atoms with Gasteiger partial charge in [0.25, 0.3) is 5.52 Å². The minimum absolute atomic E-state index is 0.142. The molecule has 164 valence electrons. The molecule has 33 heavy (non-hydrogen) atoms. The number of hydrogen-bond acceptors (Lipinski definition) is 3. The molecule has 0 amide bonds. The van der Waals surface area contributed by atoms with Crippen LogP contribution in [0, 0.1) is 0 Å². The average molecular weight is 438 g/mol. The van der Waals surface area contributed by atoms with Gasteiger partial charge in [0.1, 0.15) is 0 Å². The third-order valence-electron chi connectivity index (χ3n) is 6.90. The molecular formula is C28H25N2O3+. The summed E-state index contributed by atoms with van der Waals surface area (Å²) >= 11 is 0. The van der Waals surface area contributed by atoms with Crippen LogP contribution in [0.5, 0.6) is 0 Å². The van der Waals surface area contributed by atoms with Gasteiger partial charge in [0.2, 0.25) is 12.1 Å². The zero-order valence-electron chi connectivity index (χ0n) is 18.2. The van der Waals surface area contributed by atoms with E-state index in [1.165, 1.54) is 36.2 Å². The van der Waals surface area contributed by atoms with Gasteiger partial charge in [0.15, 0.2) is 0 Å². The summed E-state index contributed by atoms with van der Waals surface area (Å²) in [5.74, 6) is 0.187. The first kappa shape index (κ1) is 19.8. The van der Waals surface area contributed by atoms with Gasteiger partial charge >= 0.3 is 11.9 Å². The maximum absolute atomic E-state index is 11.4. The first-order chi connectivity index (χ1) is 16.2. The number of carbonyl (C=O) groups is 1. The van der Waals surface area contributed by atoms with Crippen LogP contribution >= 0.6 is 0 Å². The molecule has 3 aromatic carbocycles. The fraction of sp³-hybridized carbons (Fsp3) is 0.214. The molecular weight excluding hydrogens is 412 g/mol. The molecule has 1 saturated carbocycles. The number of fused-ring (bicyclic) bond motifs is 4. The normalized spacial score (nSPS) is 19.3. The summed E-state index contributed by atoms with van der Waals surface area (Å²) in [5.41, 5.74) is 6.52. The molecule has 1 aromatic heterocycles. The lowest BCUT2D eigenvalue weighted by atomic mass is 9.96. The second kappa shape index (κ2) is 7.93. The minimum atomic E-state index is -0.896. The van der Waals surface area contributed by atoms with Crippen molar-refractivity contribution in [2.75, 3.05) is 4.90 Å². The molecule has 2 heterocycles. The summed E-state index contributed by atoms with van der Waals surface area (Å²) in [7, 11) is 0. The Labute approximate surface area is 192 Å². The SMILES string of the molecule is O=C(O)C[n+]1c(/C=C/c2ccc3c(c2)C2CCCC2N3c2ccccc2)oc2ccccc21. The van der Waals surface area contributed by atoms with Crippen LogP contribution in [0.1, 0.15) is 42.2 Å². The lowest BCUT2D eigenvalue weighted by Crippen LogP contribution is -2.39. The van der Waals surface area contributed by atoms with Crippen LogP contribution < -0.4 is 9.47 Å². The summed E-state index contributed by atoms with van der Waals surface area (Å²) in [6.07, 6.45) is 7.59. The monoisotopic (exact) mass is 437 g/mol. The van der Waals surface area contributed by atoms with E-state index in [0.717, 1.165) is 11.1 Å². The van der Waals surface area contributed by atoms with Gasteiger partial charge in [0, 0.05) is 29.4 Å². The Hall–Kier alpha value is -3.86. The van der Waals surface area contributed by atoms with E-state index < -0.39 is 5.97 Å². The van der Waals surface area contributed by atoms with Gasteiger partial charge in [-0.05, 0) is 60.4 Å². The summed E-state index contributed by atoms with van der Waals surface area (Å²) in [5, 5.41) is 9.37. The highest BCUT2D eigenvalue weighted by molar-refractivity contribution is 5.77. The zero-order chi connectivity index (χ0) is 22.4. The molecule has 0 radical (unpaired) electrons. The Morgan fingerprint density at radius 3 is 2.70 bits per heavy atom. The Morgan fingerprint density at radius 1 is 1.03 bits per heavy atom. The zero-order valence-corrected chi connectivity index (χ0v) is 18.2. The molecule has 5 heteroatoms. The molecule has 1 aliphatic carbocycles. The second-order valence-electron chi connectivity index (χ2n) is 8.85. The summed E-state index contributed by atoms with van der Waals surface area (Å²) in [6.45, 7) is -0.142. The maximum atomic E-state index is 11.4. The number of benzene rings is 3. The highest BCUT2D eigenvalue weighted by Gasteiger charge is 2.42. The van der Waals surface area contributed by atoms with Crippen molar-refractivity contribution in [1.82, 2.24) is 0 Å². The van der Waals surface area contributed by atoms with Gasteiger partial charge in [-0.2, -0.15) is 0 Å². The van der Waals surface area contributed by atoms with Gasteiger partial charge < -0.3 is 14.4 Å². The lowest BCUT2D eigenvalue weighted by molar-refractivity contribution is -0.666. The van der Waals surface area contributed by atoms with Gasteiger partial charge in [-0.25, -0.2) is 4.79 Å². The number of aromatic nitrogens is 1. The van der Waals surface area contributed by atoms with E-state index in [0.29, 0.717) is 23.4 Å². The van der Waals surface area contributed by atoms with E-state index in [4.69, 9.17) is 4.42 Å². The molecule has 2 aliphatic rings. The number of hydrogen-bond donors (Lipinski definition) is 1. The number of nitrogens with zero attached hydrogens (tertiary/aromatic N) is 2. The molecule has 2 atom stereocenters. The second-order valence-corrected chi connectivity index (χ2v) is 8.85. The standard InChI is InChI=1S/C28H24N2O3/c31-28(32)18-29-25-10-4-5-12-26(25)33-27(29)16-14-19-13-15-24-22(17-19)21-9-6-11-23(21)30(24)20-7-2-1-3-8-20/h1-5,7-8,10,12-17,21,23H,6,9,11,18H2/p+1. The van der Waals surface area contributed by atoms with Gasteiger partial charge in [-0.1, -0.05) is 42.8 Å². The molecule has 4 aromatic rings. The average Bonchev–Trinajstić information content (AvgIpc) is 3.51. The van der Waals surface area contributed by atoms with Gasteiger partial charge in [-0.3, -0.25) is 0 Å². The molecule has 6 rings (SSSR count). The number of carboxylic acids is 1. The van der Waals surface area contributed by atoms with Crippen molar-refractivity contribution in [2.45, 2.75) is 37.8 Å². The van der Waals surface area contributed by atoms with E-state index in [2.05, 4.69) is 53.4 Å². The predicted molar refractivity (Wildman–Crippen MR) is 128 cm³/mol. The molecule has 1 aliphatic heterocycles. The van der Waals surface area contributed by atoms with Crippen LogP contribution in [0.3, 0.4) is 0 Å². The molecule has 2 unspecified atom stereocenters. The van der Waals surface area contributed by atoms with E-state index in [1.807, 2.05) is 36.4 Å². The van der Waals surface area contributed by atoms with Crippen molar-refractivity contribution in [3.8, 4) is 0 Å². The van der Waals surface area contributed by atoms with Crippen LogP contribution in [0.2, 0.25) is 0 Å². The molecule has 1 N–H and O–H groups in total. The molecule has 0 bridgehead atoms. The smallest absolute Gasteiger partial charge is 0.374 e.